The summed E-state index contributed by atoms with van der Waals surface area (Å²) in [5.41, 5.74) is 1.13. The van der Waals surface area contributed by atoms with E-state index in [0.29, 0.717) is 11.7 Å². The number of anilines is 1. The van der Waals surface area contributed by atoms with Crippen molar-refractivity contribution in [1.29, 1.82) is 0 Å². The van der Waals surface area contributed by atoms with E-state index in [1.54, 1.807) is 36.6 Å². The smallest absolute Gasteiger partial charge is 0.323 e. The second kappa shape index (κ2) is 8.29. The molecule has 1 heterocycles. The number of hydrogen-bond acceptors (Lipinski definition) is 4. The number of nitrogens with zero attached hydrogens (tertiary/aromatic N) is 2. The first kappa shape index (κ1) is 17.7. The van der Waals surface area contributed by atoms with Crippen LogP contribution in [0.5, 0.6) is 5.75 Å². The van der Waals surface area contributed by atoms with Gasteiger partial charge >= 0.3 is 6.03 Å². The Balaban J connectivity index is 1.48. The standard InChI is InChI=1S/C18H22FN3O2S/c1-22(11-12-24-15-9-6-5-7-13(15)19)18(23)21-17-20-14-8-3-2-4-10-16(14)25-17/h5-7,9H,2-4,8,10-12H2,1H3,(H,20,21,23). The summed E-state index contributed by atoms with van der Waals surface area (Å²) in [5.74, 6) is -0.209. The molecular weight excluding hydrogens is 341 g/mol. The van der Waals surface area contributed by atoms with E-state index in [1.807, 2.05) is 0 Å². The van der Waals surface area contributed by atoms with E-state index in [4.69, 9.17) is 4.74 Å². The van der Waals surface area contributed by atoms with E-state index >= 15 is 0 Å². The summed E-state index contributed by atoms with van der Waals surface area (Å²) in [6.45, 7) is 0.574. The number of aryl methyl sites for hydroxylation is 2. The minimum Gasteiger partial charge on any atom is -0.489 e. The molecule has 0 fully saturated rings. The summed E-state index contributed by atoms with van der Waals surface area (Å²) in [6.07, 6.45) is 5.64. The third-order valence-corrected chi connectivity index (χ3v) is 5.25. The number of carbonyl (C=O) groups excluding carboxylic acids is 1. The van der Waals surface area contributed by atoms with Crippen molar-refractivity contribution in [2.24, 2.45) is 0 Å². The fourth-order valence-corrected chi connectivity index (χ4v) is 3.76. The molecular formula is C18H22FN3O2S. The second-order valence-electron chi connectivity index (χ2n) is 6.08. The first-order valence-electron chi connectivity index (χ1n) is 8.51. The first-order valence-corrected chi connectivity index (χ1v) is 9.33. The van der Waals surface area contributed by atoms with E-state index in [0.717, 1.165) is 25.0 Å². The number of nitrogens with one attached hydrogen (secondary N) is 1. The summed E-state index contributed by atoms with van der Waals surface area (Å²) >= 11 is 1.57. The van der Waals surface area contributed by atoms with Crippen LogP contribution in [-0.2, 0) is 12.8 Å². The van der Waals surface area contributed by atoms with Crippen LogP contribution in [0, 0.1) is 5.82 Å². The molecule has 1 aliphatic rings. The van der Waals surface area contributed by atoms with Crippen molar-refractivity contribution in [2.75, 3.05) is 25.5 Å². The maximum atomic E-state index is 13.5. The minimum atomic E-state index is -0.404. The molecule has 1 N–H and O–H groups in total. The van der Waals surface area contributed by atoms with Gasteiger partial charge in [0.05, 0.1) is 12.2 Å². The SMILES string of the molecule is CN(CCOc1ccccc1F)C(=O)Nc1nc2c(s1)CCCCC2. The van der Waals surface area contributed by atoms with Gasteiger partial charge in [-0.2, -0.15) is 0 Å². The molecule has 1 aromatic heterocycles. The van der Waals surface area contributed by atoms with Crippen molar-refractivity contribution in [1.82, 2.24) is 9.88 Å². The van der Waals surface area contributed by atoms with Crippen molar-refractivity contribution in [2.45, 2.75) is 32.1 Å². The Hall–Kier alpha value is -2.15. The molecule has 0 bridgehead atoms. The van der Waals surface area contributed by atoms with Crippen LogP contribution in [0.25, 0.3) is 0 Å². The van der Waals surface area contributed by atoms with Crippen LogP contribution in [0.4, 0.5) is 14.3 Å². The van der Waals surface area contributed by atoms with Gasteiger partial charge in [0, 0.05) is 11.9 Å². The summed E-state index contributed by atoms with van der Waals surface area (Å²) in [4.78, 5) is 19.6. The number of benzene rings is 1. The molecule has 7 heteroatoms. The highest BCUT2D eigenvalue weighted by molar-refractivity contribution is 7.15. The van der Waals surface area contributed by atoms with Gasteiger partial charge in [0.2, 0.25) is 0 Å². The largest absolute Gasteiger partial charge is 0.489 e. The van der Waals surface area contributed by atoms with Gasteiger partial charge in [-0.05, 0) is 37.8 Å². The van der Waals surface area contributed by atoms with Gasteiger partial charge in [0.1, 0.15) is 6.61 Å². The average Bonchev–Trinajstić information content (AvgIpc) is 2.84. The molecule has 2 aromatic rings. The number of rotatable bonds is 5. The number of amides is 2. The highest BCUT2D eigenvalue weighted by Crippen LogP contribution is 2.29. The molecule has 5 nitrogen and oxygen atoms in total. The molecule has 0 aliphatic heterocycles. The monoisotopic (exact) mass is 363 g/mol. The highest BCUT2D eigenvalue weighted by Gasteiger charge is 2.17. The highest BCUT2D eigenvalue weighted by atomic mass is 32.1. The Morgan fingerprint density at radius 2 is 2.12 bits per heavy atom. The molecule has 134 valence electrons. The van der Waals surface area contributed by atoms with Crippen molar-refractivity contribution < 1.29 is 13.9 Å². The number of para-hydroxylation sites is 1. The molecule has 25 heavy (non-hydrogen) atoms. The number of ether oxygens (including phenoxy) is 1. The molecule has 1 aliphatic carbocycles. The first-order chi connectivity index (χ1) is 12.1. The average molecular weight is 363 g/mol. The van der Waals surface area contributed by atoms with Crippen LogP contribution < -0.4 is 10.1 Å². The van der Waals surface area contributed by atoms with E-state index in [2.05, 4.69) is 10.3 Å². The maximum Gasteiger partial charge on any atom is 0.323 e. The molecule has 0 saturated heterocycles. The van der Waals surface area contributed by atoms with Crippen LogP contribution >= 0.6 is 11.3 Å². The third kappa shape index (κ3) is 4.69. The van der Waals surface area contributed by atoms with Gasteiger partial charge in [-0.1, -0.05) is 18.6 Å². The molecule has 1 aromatic carbocycles. The molecule has 2 amide bonds. The number of thiazole rings is 1. The summed E-state index contributed by atoms with van der Waals surface area (Å²) < 4.78 is 18.9. The number of carbonyl (C=O) groups is 1. The lowest BCUT2D eigenvalue weighted by atomic mass is 10.2. The fraction of sp³-hybridized carbons (Fsp3) is 0.444. The molecule has 0 unspecified atom stereocenters. The fourth-order valence-electron chi connectivity index (χ4n) is 2.73. The zero-order chi connectivity index (χ0) is 17.6. The van der Waals surface area contributed by atoms with E-state index < -0.39 is 5.82 Å². The predicted molar refractivity (Wildman–Crippen MR) is 96.9 cm³/mol. The molecule has 0 saturated carbocycles. The Morgan fingerprint density at radius 1 is 1.32 bits per heavy atom. The van der Waals surface area contributed by atoms with E-state index in [-0.39, 0.29) is 18.4 Å². The van der Waals surface area contributed by atoms with Crippen LogP contribution in [0.15, 0.2) is 24.3 Å². The topological polar surface area (TPSA) is 54.5 Å². The summed E-state index contributed by atoms with van der Waals surface area (Å²) in [6, 6.07) is 6.00. The number of urea groups is 1. The lowest BCUT2D eigenvalue weighted by molar-refractivity contribution is 0.206. The second-order valence-corrected chi connectivity index (χ2v) is 7.16. The van der Waals surface area contributed by atoms with Crippen molar-refractivity contribution in [3.63, 3.8) is 0 Å². The molecule has 3 rings (SSSR count). The number of likely N-dealkylation sites (N-methyl/N-ethyl adjacent to an activating group) is 1. The van der Waals surface area contributed by atoms with Crippen LogP contribution in [-0.4, -0.2) is 36.1 Å². The van der Waals surface area contributed by atoms with E-state index in [1.165, 1.54) is 28.7 Å². The Labute approximate surface area is 150 Å². The molecule has 0 atom stereocenters. The van der Waals surface area contributed by atoms with Gasteiger partial charge in [0.25, 0.3) is 0 Å². The third-order valence-electron chi connectivity index (χ3n) is 4.18. The number of fused-ring (bicyclic) bond motifs is 1. The summed E-state index contributed by atoms with van der Waals surface area (Å²) in [7, 11) is 1.68. The molecule has 0 radical (unpaired) electrons. The lowest BCUT2D eigenvalue weighted by Crippen LogP contribution is -2.34. The number of hydrogen-bond donors (Lipinski definition) is 1. The van der Waals surface area contributed by atoms with Gasteiger partial charge in [-0.25, -0.2) is 14.2 Å². The van der Waals surface area contributed by atoms with E-state index in [9.17, 15) is 9.18 Å². The van der Waals surface area contributed by atoms with Crippen LogP contribution in [0.2, 0.25) is 0 Å². The summed E-state index contributed by atoms with van der Waals surface area (Å²) in [5, 5.41) is 3.50. The van der Waals surface area contributed by atoms with Crippen molar-refractivity contribution in [3.8, 4) is 5.75 Å². The minimum absolute atomic E-state index is 0.194. The Morgan fingerprint density at radius 3 is 2.96 bits per heavy atom. The van der Waals surface area contributed by atoms with Crippen LogP contribution in [0.3, 0.4) is 0 Å². The zero-order valence-corrected chi connectivity index (χ0v) is 15.1. The van der Waals surface area contributed by atoms with Crippen molar-refractivity contribution >= 4 is 22.5 Å². The quantitative estimate of drug-likeness (QED) is 0.814. The normalized spacial score (nSPS) is 13.7. The van der Waals surface area contributed by atoms with Crippen molar-refractivity contribution in [3.05, 3.63) is 40.7 Å². The number of aromatic nitrogens is 1. The Bertz CT molecular complexity index is 711. The lowest BCUT2D eigenvalue weighted by Gasteiger charge is -2.17. The zero-order valence-electron chi connectivity index (χ0n) is 14.3. The van der Waals surface area contributed by atoms with Gasteiger partial charge in [-0.15, -0.1) is 11.3 Å². The maximum absolute atomic E-state index is 13.5. The van der Waals surface area contributed by atoms with Gasteiger partial charge in [-0.3, -0.25) is 5.32 Å². The Kier molecular flexibility index (Phi) is 5.86. The number of halogens is 1. The van der Waals surface area contributed by atoms with Crippen LogP contribution in [0.1, 0.15) is 29.8 Å². The molecule has 0 spiro atoms. The van der Waals surface area contributed by atoms with Gasteiger partial charge < -0.3 is 9.64 Å². The van der Waals surface area contributed by atoms with Gasteiger partial charge in [0.15, 0.2) is 16.7 Å². The predicted octanol–water partition coefficient (Wildman–Crippen LogP) is 4.09.